The van der Waals surface area contributed by atoms with Crippen LogP contribution in [0.1, 0.15) is 17.5 Å². The van der Waals surface area contributed by atoms with Crippen LogP contribution < -0.4 is 0 Å². The maximum Gasteiger partial charge on any atom is 0.201 e. The van der Waals surface area contributed by atoms with Gasteiger partial charge in [-0.15, -0.1) is 0 Å². The summed E-state index contributed by atoms with van der Waals surface area (Å²) in [6.45, 7) is 1.41. The minimum absolute atomic E-state index is 0.150. The highest BCUT2D eigenvalue weighted by atomic mass is 16.7. The highest BCUT2D eigenvalue weighted by Gasteiger charge is 2.18. The lowest BCUT2D eigenvalue weighted by atomic mass is 10.2. The molecule has 0 spiro atoms. The molecule has 0 radical (unpaired) electrons. The van der Waals surface area contributed by atoms with Gasteiger partial charge in [-0.3, -0.25) is 4.98 Å². The molecule has 2 heterocycles. The van der Waals surface area contributed by atoms with Crippen molar-refractivity contribution < 1.29 is 14.6 Å². The first-order chi connectivity index (χ1) is 6.90. The molecule has 4 nitrogen and oxygen atoms in total. The first-order valence-electron chi connectivity index (χ1n) is 4.69. The zero-order valence-electron chi connectivity index (χ0n) is 7.85. The van der Waals surface area contributed by atoms with Gasteiger partial charge in [0.1, 0.15) is 0 Å². The fraction of sp³-hybridized carbons (Fsp3) is 0.500. The molecule has 14 heavy (non-hydrogen) atoms. The molecule has 1 fully saturated rings. The van der Waals surface area contributed by atoms with E-state index in [1.165, 1.54) is 0 Å². The number of aromatic nitrogens is 1. The molecule has 0 aromatic carbocycles. The monoisotopic (exact) mass is 195 g/mol. The summed E-state index contributed by atoms with van der Waals surface area (Å²) in [6.07, 6.45) is 2.08. The second-order valence-electron chi connectivity index (χ2n) is 3.14. The second-order valence-corrected chi connectivity index (χ2v) is 3.14. The summed E-state index contributed by atoms with van der Waals surface area (Å²) in [4.78, 5) is 4.22. The number of hydrogen-bond donors (Lipinski definition) is 1. The molecule has 0 bridgehead atoms. The van der Waals surface area contributed by atoms with Gasteiger partial charge in [-0.2, -0.15) is 0 Å². The molecule has 1 aliphatic rings. The van der Waals surface area contributed by atoms with Gasteiger partial charge in [0.25, 0.3) is 0 Å². The van der Waals surface area contributed by atoms with E-state index in [4.69, 9.17) is 14.6 Å². The van der Waals surface area contributed by atoms with Crippen LogP contribution in [0.3, 0.4) is 0 Å². The maximum atomic E-state index is 8.72. The van der Waals surface area contributed by atoms with Crippen LogP contribution in [0.25, 0.3) is 0 Å². The van der Waals surface area contributed by atoms with Gasteiger partial charge in [0.15, 0.2) is 0 Å². The molecule has 1 saturated heterocycles. The van der Waals surface area contributed by atoms with Crippen LogP contribution in [0.2, 0.25) is 0 Å². The lowest BCUT2D eigenvalue weighted by Crippen LogP contribution is -2.02. The highest BCUT2D eigenvalue weighted by molar-refractivity contribution is 5.15. The summed E-state index contributed by atoms with van der Waals surface area (Å²) in [6, 6.07) is 3.81. The summed E-state index contributed by atoms with van der Waals surface area (Å²) >= 11 is 0. The Hall–Kier alpha value is -0.970. The predicted octanol–water partition coefficient (Wildman–Crippen LogP) is 0.662. The average molecular weight is 195 g/mol. The Bertz CT molecular complexity index is 280. The Morgan fingerprint density at radius 1 is 1.36 bits per heavy atom. The van der Waals surface area contributed by atoms with Gasteiger partial charge in [-0.1, -0.05) is 6.07 Å². The highest BCUT2D eigenvalue weighted by Crippen LogP contribution is 2.21. The summed E-state index contributed by atoms with van der Waals surface area (Å²) in [5.41, 5.74) is 1.82. The number of ether oxygens (including phenoxy) is 2. The predicted molar refractivity (Wildman–Crippen MR) is 49.7 cm³/mol. The molecule has 0 unspecified atom stereocenters. The quantitative estimate of drug-likeness (QED) is 0.769. The largest absolute Gasteiger partial charge is 0.396 e. The summed E-state index contributed by atoms with van der Waals surface area (Å²) in [7, 11) is 0. The first-order valence-corrected chi connectivity index (χ1v) is 4.69. The molecule has 1 aromatic heterocycles. The van der Waals surface area contributed by atoms with Crippen LogP contribution in [0, 0.1) is 0 Å². The van der Waals surface area contributed by atoms with Crippen molar-refractivity contribution in [2.75, 3.05) is 19.8 Å². The lowest BCUT2D eigenvalue weighted by Gasteiger charge is -2.08. The zero-order valence-corrected chi connectivity index (χ0v) is 7.85. The topological polar surface area (TPSA) is 51.6 Å². The van der Waals surface area contributed by atoms with Crippen LogP contribution in [-0.2, 0) is 15.9 Å². The fourth-order valence-corrected chi connectivity index (χ4v) is 1.38. The van der Waals surface area contributed by atoms with Crippen molar-refractivity contribution in [2.45, 2.75) is 12.7 Å². The number of pyridine rings is 1. The van der Waals surface area contributed by atoms with Crippen molar-refractivity contribution in [1.82, 2.24) is 4.98 Å². The third kappa shape index (κ3) is 2.09. The van der Waals surface area contributed by atoms with E-state index in [1.54, 1.807) is 6.20 Å². The Morgan fingerprint density at radius 3 is 2.71 bits per heavy atom. The minimum atomic E-state index is -0.307. The molecule has 1 N–H and O–H groups in total. The van der Waals surface area contributed by atoms with Crippen molar-refractivity contribution >= 4 is 0 Å². The zero-order chi connectivity index (χ0) is 9.80. The minimum Gasteiger partial charge on any atom is -0.396 e. The number of hydrogen-bond acceptors (Lipinski definition) is 4. The molecule has 2 rings (SSSR count). The molecule has 1 aromatic rings. The maximum absolute atomic E-state index is 8.72. The SMILES string of the molecule is OCCc1ccc(C2OCCO2)nc1. The molecule has 0 aliphatic carbocycles. The average Bonchev–Trinajstić information content (AvgIpc) is 2.72. The van der Waals surface area contributed by atoms with Crippen LogP contribution in [0.4, 0.5) is 0 Å². The van der Waals surface area contributed by atoms with Crippen LogP contribution >= 0.6 is 0 Å². The summed E-state index contributed by atoms with van der Waals surface area (Å²) in [5, 5.41) is 8.72. The van der Waals surface area contributed by atoms with E-state index in [-0.39, 0.29) is 12.9 Å². The van der Waals surface area contributed by atoms with E-state index in [9.17, 15) is 0 Å². The molecule has 0 amide bonds. The Labute approximate surface area is 82.5 Å². The Balaban J connectivity index is 2.05. The third-order valence-electron chi connectivity index (χ3n) is 2.11. The Kier molecular flexibility index (Phi) is 3.08. The van der Waals surface area contributed by atoms with E-state index in [2.05, 4.69) is 4.98 Å². The lowest BCUT2D eigenvalue weighted by molar-refractivity contribution is -0.0473. The first kappa shape index (κ1) is 9.58. The van der Waals surface area contributed by atoms with Crippen LogP contribution in [0.15, 0.2) is 18.3 Å². The standard InChI is InChI=1S/C10H13NO3/c12-4-3-8-1-2-9(11-7-8)10-13-5-6-14-10/h1-2,7,10,12H,3-6H2. The summed E-state index contributed by atoms with van der Waals surface area (Å²) < 4.78 is 10.6. The van der Waals surface area contributed by atoms with Crippen molar-refractivity contribution in [3.8, 4) is 0 Å². The molecular weight excluding hydrogens is 182 g/mol. The van der Waals surface area contributed by atoms with Gasteiger partial charge in [-0.25, -0.2) is 0 Å². The normalized spacial score (nSPS) is 17.5. The van der Waals surface area contributed by atoms with Crippen molar-refractivity contribution in [3.63, 3.8) is 0 Å². The third-order valence-corrected chi connectivity index (χ3v) is 2.11. The molecule has 1 aliphatic heterocycles. The number of nitrogens with zero attached hydrogens (tertiary/aromatic N) is 1. The number of rotatable bonds is 3. The number of aliphatic hydroxyl groups excluding tert-OH is 1. The van der Waals surface area contributed by atoms with Gasteiger partial charge in [0.05, 0.1) is 18.9 Å². The van der Waals surface area contributed by atoms with Gasteiger partial charge < -0.3 is 14.6 Å². The van der Waals surface area contributed by atoms with Gasteiger partial charge in [-0.05, 0) is 18.1 Å². The fourth-order valence-electron chi connectivity index (χ4n) is 1.38. The molecule has 0 atom stereocenters. The van der Waals surface area contributed by atoms with Crippen molar-refractivity contribution in [2.24, 2.45) is 0 Å². The molecule has 0 saturated carbocycles. The van der Waals surface area contributed by atoms with Gasteiger partial charge >= 0.3 is 0 Å². The van der Waals surface area contributed by atoms with Crippen molar-refractivity contribution in [1.29, 1.82) is 0 Å². The molecule has 4 heteroatoms. The van der Waals surface area contributed by atoms with Crippen LogP contribution in [-0.4, -0.2) is 29.9 Å². The second kappa shape index (κ2) is 4.50. The Morgan fingerprint density at radius 2 is 2.14 bits per heavy atom. The van der Waals surface area contributed by atoms with E-state index in [1.807, 2.05) is 12.1 Å². The van der Waals surface area contributed by atoms with Crippen LogP contribution in [0.5, 0.6) is 0 Å². The van der Waals surface area contributed by atoms with E-state index >= 15 is 0 Å². The van der Waals surface area contributed by atoms with Gasteiger partial charge in [0, 0.05) is 12.8 Å². The van der Waals surface area contributed by atoms with E-state index in [0.29, 0.717) is 19.6 Å². The smallest absolute Gasteiger partial charge is 0.201 e. The van der Waals surface area contributed by atoms with E-state index < -0.39 is 0 Å². The molecule has 76 valence electrons. The molecular formula is C10H13NO3. The van der Waals surface area contributed by atoms with E-state index in [0.717, 1.165) is 11.3 Å². The number of aliphatic hydroxyl groups is 1. The van der Waals surface area contributed by atoms with Gasteiger partial charge in [0.2, 0.25) is 6.29 Å². The summed E-state index contributed by atoms with van der Waals surface area (Å²) in [5.74, 6) is 0. The van der Waals surface area contributed by atoms with Crippen molar-refractivity contribution in [3.05, 3.63) is 29.6 Å².